The molecule has 0 aromatic carbocycles. The van der Waals surface area contributed by atoms with Crippen molar-refractivity contribution >= 4 is 34.5 Å². The van der Waals surface area contributed by atoms with Gasteiger partial charge in [-0.1, -0.05) is 0 Å². The van der Waals surface area contributed by atoms with Gasteiger partial charge in [0.2, 0.25) is 0 Å². The SMILES string of the molecule is COC(=O)C1=C(OS(=O)(=O)C(F)(F)F)C(CC2=[C]([Sn]([CH3])([CH3])[CH3])CCC2)CC1. The number of esters is 1. The molecule has 0 fully saturated rings. The molecule has 0 bridgehead atoms. The van der Waals surface area contributed by atoms with Crippen LogP contribution in [0.1, 0.15) is 38.5 Å². The van der Waals surface area contributed by atoms with E-state index in [4.69, 9.17) is 0 Å². The topological polar surface area (TPSA) is 69.7 Å². The van der Waals surface area contributed by atoms with Crippen LogP contribution in [0.15, 0.2) is 20.5 Å². The summed E-state index contributed by atoms with van der Waals surface area (Å²) in [7, 11) is -4.73. The van der Waals surface area contributed by atoms with Crippen molar-refractivity contribution in [1.29, 1.82) is 0 Å². The van der Waals surface area contributed by atoms with Crippen LogP contribution in [0.3, 0.4) is 0 Å². The quantitative estimate of drug-likeness (QED) is 0.226. The van der Waals surface area contributed by atoms with Crippen molar-refractivity contribution in [3.63, 3.8) is 0 Å². The van der Waals surface area contributed by atoms with E-state index in [1.54, 1.807) is 0 Å². The van der Waals surface area contributed by atoms with Gasteiger partial charge >= 0.3 is 162 Å². The molecule has 0 heterocycles. The number of hydrogen-bond acceptors (Lipinski definition) is 5. The maximum absolute atomic E-state index is 12.8. The van der Waals surface area contributed by atoms with Gasteiger partial charge in [0.25, 0.3) is 0 Å². The molecule has 2 rings (SSSR count). The second-order valence-corrected chi connectivity index (χ2v) is 24.0. The fourth-order valence-corrected chi connectivity index (χ4v) is 10.7. The Morgan fingerprint density at radius 1 is 1.19 bits per heavy atom. The second-order valence-electron chi connectivity index (χ2n) is 7.94. The summed E-state index contributed by atoms with van der Waals surface area (Å²) in [5, 5.41) is 0. The van der Waals surface area contributed by atoms with Crippen LogP contribution < -0.4 is 0 Å². The molecule has 2 aliphatic carbocycles. The van der Waals surface area contributed by atoms with E-state index in [9.17, 15) is 26.4 Å². The van der Waals surface area contributed by atoms with Crippen molar-refractivity contribution in [1.82, 2.24) is 0 Å². The zero-order chi connectivity index (χ0) is 20.6. The van der Waals surface area contributed by atoms with Crippen molar-refractivity contribution in [2.75, 3.05) is 7.11 Å². The second kappa shape index (κ2) is 7.96. The molecular weight excluding hydrogens is 492 g/mol. The molecule has 1 atom stereocenters. The van der Waals surface area contributed by atoms with Crippen LogP contribution in [0.25, 0.3) is 0 Å². The Balaban J connectivity index is 2.39. The maximum atomic E-state index is 12.8. The third-order valence-corrected chi connectivity index (χ3v) is 12.9. The standard InChI is InChI=1S/C14H16F3O5S.3CH3.Sn/c1-21-13(18)11-7-6-10(8-9-4-2-3-5-9)12(11)22-23(19,20)14(15,16)17;;;;/h10H,2-4,6-8H2,1H3;3*1H3;. The summed E-state index contributed by atoms with van der Waals surface area (Å²) in [6.07, 6.45) is 3.83. The molecule has 0 N–H and O–H groups in total. The average Bonchev–Trinajstić information content (AvgIpc) is 3.13. The van der Waals surface area contributed by atoms with Crippen LogP contribution in [0.5, 0.6) is 0 Å². The van der Waals surface area contributed by atoms with E-state index >= 15 is 0 Å². The van der Waals surface area contributed by atoms with Gasteiger partial charge < -0.3 is 0 Å². The third kappa shape index (κ3) is 5.02. The first-order valence-corrected chi connectivity index (χ1v) is 20.2. The minimum absolute atomic E-state index is 0.116. The van der Waals surface area contributed by atoms with E-state index in [1.165, 1.54) is 9.16 Å². The summed E-state index contributed by atoms with van der Waals surface area (Å²) in [6, 6.07) is 0. The van der Waals surface area contributed by atoms with E-state index in [1.807, 2.05) is 0 Å². The summed E-state index contributed by atoms with van der Waals surface area (Å²) in [5.74, 6) is -1.81. The van der Waals surface area contributed by atoms with Crippen molar-refractivity contribution in [2.24, 2.45) is 5.92 Å². The molecule has 0 aliphatic heterocycles. The van der Waals surface area contributed by atoms with Crippen molar-refractivity contribution in [3.05, 3.63) is 20.5 Å². The minimum atomic E-state index is -5.83. The number of alkyl halides is 3. The molecule has 0 radical (unpaired) electrons. The number of carbonyl (C=O) groups is 1. The molecule has 2 aliphatic rings. The summed E-state index contributed by atoms with van der Waals surface area (Å²) in [5.41, 5.74) is -4.46. The van der Waals surface area contributed by atoms with Crippen LogP contribution in [0.4, 0.5) is 13.2 Å². The Morgan fingerprint density at radius 2 is 1.81 bits per heavy atom. The van der Waals surface area contributed by atoms with Crippen molar-refractivity contribution < 1.29 is 35.3 Å². The number of hydrogen-bond donors (Lipinski definition) is 0. The molecule has 0 saturated heterocycles. The predicted molar refractivity (Wildman–Crippen MR) is 96.7 cm³/mol. The first kappa shape index (κ1) is 22.6. The van der Waals surface area contributed by atoms with E-state index < -0.39 is 51.6 Å². The van der Waals surface area contributed by atoms with Crippen LogP contribution in [-0.2, 0) is 23.8 Å². The monoisotopic (exact) mass is 518 g/mol. The third-order valence-electron chi connectivity index (χ3n) is 5.06. The summed E-state index contributed by atoms with van der Waals surface area (Å²) in [6.45, 7) is 0. The fourth-order valence-electron chi connectivity index (χ4n) is 3.86. The van der Waals surface area contributed by atoms with E-state index in [-0.39, 0.29) is 12.0 Å². The van der Waals surface area contributed by atoms with Crippen molar-refractivity contribution in [3.8, 4) is 0 Å². The van der Waals surface area contributed by atoms with Gasteiger partial charge in [-0.15, -0.1) is 0 Å². The van der Waals surface area contributed by atoms with E-state index in [2.05, 4.69) is 23.7 Å². The molecule has 10 heteroatoms. The van der Waals surface area contributed by atoms with E-state index in [0.29, 0.717) is 12.8 Å². The number of rotatable bonds is 6. The van der Waals surface area contributed by atoms with Crippen molar-refractivity contribution in [2.45, 2.75) is 58.9 Å². The molecular formula is C17H25F3O5SSn. The van der Waals surface area contributed by atoms with E-state index in [0.717, 1.165) is 26.4 Å². The van der Waals surface area contributed by atoms with Crippen LogP contribution in [0.2, 0.25) is 14.8 Å². The molecule has 1 unspecified atom stereocenters. The Hall–Kier alpha value is -0.711. The normalized spacial score (nSPS) is 21.8. The fraction of sp³-hybridized carbons (Fsp3) is 0.706. The van der Waals surface area contributed by atoms with Gasteiger partial charge in [0.05, 0.1) is 0 Å². The number of allylic oxidation sites excluding steroid dienone is 3. The molecule has 0 aromatic heterocycles. The van der Waals surface area contributed by atoms with Crippen LogP contribution in [0, 0.1) is 5.92 Å². The Kier molecular flexibility index (Phi) is 6.66. The molecule has 0 amide bonds. The van der Waals surface area contributed by atoms with Gasteiger partial charge in [-0.05, 0) is 0 Å². The van der Waals surface area contributed by atoms with Gasteiger partial charge in [-0.3, -0.25) is 0 Å². The summed E-state index contributed by atoms with van der Waals surface area (Å²) < 4.78 is 72.0. The first-order chi connectivity index (χ1) is 12.3. The number of methoxy groups -OCH3 is 1. The van der Waals surface area contributed by atoms with Gasteiger partial charge in [-0.2, -0.15) is 0 Å². The predicted octanol–water partition coefficient (Wildman–Crippen LogP) is 4.44. The molecule has 27 heavy (non-hydrogen) atoms. The van der Waals surface area contributed by atoms with Gasteiger partial charge in [0, 0.05) is 0 Å². The van der Waals surface area contributed by atoms with Gasteiger partial charge in [0.15, 0.2) is 0 Å². The first-order valence-electron chi connectivity index (χ1n) is 8.81. The molecule has 0 aromatic rings. The van der Waals surface area contributed by atoms with Gasteiger partial charge in [-0.25, -0.2) is 0 Å². The Bertz CT molecular complexity index is 775. The van der Waals surface area contributed by atoms with Crippen LogP contribution in [-0.4, -0.2) is 45.4 Å². The Labute approximate surface area is 162 Å². The Morgan fingerprint density at radius 3 is 2.33 bits per heavy atom. The number of halogens is 3. The molecule has 5 nitrogen and oxygen atoms in total. The molecule has 0 spiro atoms. The van der Waals surface area contributed by atoms with Crippen LogP contribution >= 0.6 is 0 Å². The number of ether oxygens (including phenoxy) is 1. The zero-order valence-corrected chi connectivity index (χ0v) is 19.6. The average molecular weight is 517 g/mol. The van der Waals surface area contributed by atoms with Gasteiger partial charge in [0.1, 0.15) is 0 Å². The molecule has 154 valence electrons. The summed E-state index contributed by atoms with van der Waals surface area (Å²) >= 11 is -2.34. The molecule has 0 saturated carbocycles. The number of carbonyl (C=O) groups excluding carboxylic acids is 1. The summed E-state index contributed by atoms with van der Waals surface area (Å²) in [4.78, 5) is 18.8. The zero-order valence-electron chi connectivity index (χ0n) is 15.9.